The van der Waals surface area contributed by atoms with E-state index < -0.39 is 14.7 Å². The molecule has 2 atom stereocenters. The molecule has 2 N–H and O–H groups in total. The van der Waals surface area contributed by atoms with E-state index in [0.717, 1.165) is 0 Å². The van der Waals surface area contributed by atoms with Gasteiger partial charge in [-0.25, -0.2) is 0 Å². The highest BCUT2D eigenvalue weighted by Crippen LogP contribution is 2.33. The molecule has 2 unspecified atom stereocenters. The number of hydrogen-bond donors (Lipinski definition) is 2. The van der Waals surface area contributed by atoms with Crippen molar-refractivity contribution >= 4 is 20.2 Å². The van der Waals surface area contributed by atoms with Gasteiger partial charge >= 0.3 is 8.60 Å². The molecule has 1 heterocycles. The number of hydrogen-bond acceptors (Lipinski definition) is 10. The van der Waals surface area contributed by atoms with Gasteiger partial charge in [-0.3, -0.25) is 0 Å². The van der Waals surface area contributed by atoms with Gasteiger partial charge in [-0.05, 0) is 50.2 Å². The zero-order valence-electron chi connectivity index (χ0n) is 18.6. The third-order valence-electron chi connectivity index (χ3n) is 4.29. The van der Waals surface area contributed by atoms with E-state index in [4.69, 9.17) is 30.1 Å². The van der Waals surface area contributed by atoms with Crippen LogP contribution >= 0.6 is 20.2 Å². The van der Waals surface area contributed by atoms with Gasteiger partial charge in [0.2, 0.25) is 5.82 Å². The van der Waals surface area contributed by atoms with Crippen LogP contribution in [-0.2, 0) is 9.05 Å². The number of nitriles is 1. The average Bonchev–Trinajstić information content (AvgIpc) is 3.32. The van der Waals surface area contributed by atoms with E-state index in [2.05, 4.69) is 20.7 Å². The van der Waals surface area contributed by atoms with E-state index >= 15 is 0 Å². The van der Waals surface area contributed by atoms with Crippen LogP contribution in [-0.4, -0.2) is 52.7 Å². The van der Waals surface area contributed by atoms with E-state index in [1.807, 2.05) is 13.8 Å². The molecule has 0 bridgehead atoms. The van der Waals surface area contributed by atoms with E-state index in [1.165, 1.54) is 7.11 Å². The minimum Gasteiger partial charge on any atom is -0.490 e. The molecule has 3 rings (SSSR count). The molecule has 0 aliphatic rings. The molecular formula is C22H23ClN3O7P. The molecule has 12 heteroatoms. The monoisotopic (exact) mass is 507 g/mol. The fourth-order valence-electron chi connectivity index (χ4n) is 2.76. The summed E-state index contributed by atoms with van der Waals surface area (Å²) in [7, 11) is -0.726. The Morgan fingerprint density at radius 1 is 1.15 bits per heavy atom. The first-order valence-corrected chi connectivity index (χ1v) is 11.6. The van der Waals surface area contributed by atoms with Crippen molar-refractivity contribution in [3.05, 3.63) is 47.0 Å². The second-order valence-corrected chi connectivity index (χ2v) is 8.74. The van der Waals surface area contributed by atoms with Gasteiger partial charge in [-0.2, -0.15) is 10.2 Å². The van der Waals surface area contributed by atoms with Crippen LogP contribution in [0.25, 0.3) is 22.8 Å². The van der Waals surface area contributed by atoms with E-state index in [9.17, 15) is 15.3 Å². The van der Waals surface area contributed by atoms with Crippen molar-refractivity contribution in [2.24, 2.45) is 0 Å². The Labute approximate surface area is 202 Å². The van der Waals surface area contributed by atoms with Crippen LogP contribution < -0.4 is 9.47 Å². The maximum Gasteiger partial charge on any atom is 0.329 e. The first-order valence-electron chi connectivity index (χ1n) is 10.1. The second kappa shape index (κ2) is 12.1. The summed E-state index contributed by atoms with van der Waals surface area (Å²) in [5, 5.41) is 23.6. The number of halogens is 1. The van der Waals surface area contributed by atoms with Crippen LogP contribution in [0.15, 0.2) is 40.9 Å². The van der Waals surface area contributed by atoms with Gasteiger partial charge in [0.1, 0.15) is 30.3 Å². The molecule has 0 radical (unpaired) electrons. The second-order valence-electron chi connectivity index (χ2n) is 7.24. The highest BCUT2D eigenvalue weighted by molar-refractivity contribution is 7.40. The van der Waals surface area contributed by atoms with Gasteiger partial charge in [0.25, 0.3) is 5.89 Å². The van der Waals surface area contributed by atoms with Crippen LogP contribution in [0.3, 0.4) is 0 Å². The normalized spacial score (nSPS) is 12.9. The third kappa shape index (κ3) is 6.87. The van der Waals surface area contributed by atoms with Crippen molar-refractivity contribution in [1.82, 2.24) is 10.1 Å². The summed E-state index contributed by atoms with van der Waals surface area (Å²) in [6.07, 6.45) is -1.05. The summed E-state index contributed by atoms with van der Waals surface area (Å²) < 4.78 is 26.0. The lowest BCUT2D eigenvalue weighted by Crippen LogP contribution is -2.22. The molecule has 0 saturated carbocycles. The first kappa shape index (κ1) is 25.8. The molecule has 0 amide bonds. The standard InChI is InChI=1S/C22H23ClN3O7P/c1-13(2)32-19-6-5-15(8-16(19)10-24)22-25-21(26-33-22)14-4-7-20(18(23)9-14)30-11-17(27)12-31-34(28)29-3/h4-9,13,17,27-28H,11-12H2,1-3H3. The number of rotatable bonds is 11. The zero-order valence-corrected chi connectivity index (χ0v) is 20.3. The molecule has 2 aromatic carbocycles. The topological polar surface area (TPSA) is 140 Å². The summed E-state index contributed by atoms with van der Waals surface area (Å²) in [6.45, 7) is 3.50. The van der Waals surface area contributed by atoms with Crippen molar-refractivity contribution in [1.29, 1.82) is 5.26 Å². The molecule has 3 aromatic rings. The molecular weight excluding hydrogens is 485 g/mol. The maximum absolute atomic E-state index is 9.88. The Morgan fingerprint density at radius 3 is 2.56 bits per heavy atom. The number of aliphatic hydroxyl groups excluding tert-OH is 1. The summed E-state index contributed by atoms with van der Waals surface area (Å²) in [4.78, 5) is 13.6. The average molecular weight is 508 g/mol. The fourth-order valence-corrected chi connectivity index (χ4v) is 3.40. The van der Waals surface area contributed by atoms with Crippen LogP contribution in [0.4, 0.5) is 0 Å². The van der Waals surface area contributed by atoms with Crippen molar-refractivity contribution in [3.63, 3.8) is 0 Å². The Balaban J connectivity index is 1.69. The zero-order chi connectivity index (χ0) is 24.7. The SMILES string of the molecule is COP(O)OCC(O)COc1ccc(-c2noc(-c3ccc(OC(C)C)c(C#N)c3)n2)cc1Cl. The predicted octanol–water partition coefficient (Wildman–Crippen LogP) is 4.34. The van der Waals surface area contributed by atoms with Crippen molar-refractivity contribution < 1.29 is 33.0 Å². The van der Waals surface area contributed by atoms with Crippen LogP contribution in [0.5, 0.6) is 11.5 Å². The van der Waals surface area contributed by atoms with Gasteiger partial charge in [-0.1, -0.05) is 16.8 Å². The highest BCUT2D eigenvalue weighted by Gasteiger charge is 2.16. The molecule has 0 spiro atoms. The van der Waals surface area contributed by atoms with Gasteiger partial charge < -0.3 is 33.0 Å². The molecule has 0 fully saturated rings. The smallest absolute Gasteiger partial charge is 0.329 e. The predicted molar refractivity (Wildman–Crippen MR) is 124 cm³/mol. The first-order chi connectivity index (χ1) is 16.3. The van der Waals surface area contributed by atoms with Crippen molar-refractivity contribution in [3.8, 4) is 40.4 Å². The highest BCUT2D eigenvalue weighted by atomic mass is 35.5. The van der Waals surface area contributed by atoms with Crippen molar-refractivity contribution in [2.75, 3.05) is 20.3 Å². The lowest BCUT2D eigenvalue weighted by Gasteiger charge is -2.14. The van der Waals surface area contributed by atoms with Crippen LogP contribution in [0.2, 0.25) is 5.02 Å². The molecule has 1 aromatic heterocycles. The maximum atomic E-state index is 9.88. The quantitative estimate of drug-likeness (QED) is 0.360. The Hall–Kier alpha value is -2.77. The summed E-state index contributed by atoms with van der Waals surface area (Å²) in [5.41, 5.74) is 1.53. The Morgan fingerprint density at radius 2 is 1.88 bits per heavy atom. The van der Waals surface area contributed by atoms with Gasteiger partial charge in [0.15, 0.2) is 0 Å². The summed E-state index contributed by atoms with van der Waals surface area (Å²) >= 11 is 6.30. The Bertz CT molecular complexity index is 1150. The van der Waals surface area contributed by atoms with E-state index in [0.29, 0.717) is 34.0 Å². The molecule has 10 nitrogen and oxygen atoms in total. The van der Waals surface area contributed by atoms with Crippen LogP contribution in [0, 0.1) is 11.3 Å². The van der Waals surface area contributed by atoms with Crippen LogP contribution in [0.1, 0.15) is 19.4 Å². The number of aliphatic hydroxyl groups is 1. The van der Waals surface area contributed by atoms with Gasteiger partial charge in [0, 0.05) is 18.2 Å². The molecule has 0 aliphatic heterocycles. The van der Waals surface area contributed by atoms with E-state index in [1.54, 1.807) is 36.4 Å². The minimum absolute atomic E-state index is 0.0643. The van der Waals surface area contributed by atoms with Crippen molar-refractivity contribution in [2.45, 2.75) is 26.1 Å². The molecule has 180 valence electrons. The Kier molecular flexibility index (Phi) is 9.19. The molecule has 0 aliphatic carbocycles. The molecule has 34 heavy (non-hydrogen) atoms. The fraction of sp³-hybridized carbons (Fsp3) is 0.318. The number of benzene rings is 2. The third-order valence-corrected chi connectivity index (χ3v) is 5.27. The van der Waals surface area contributed by atoms with E-state index in [-0.39, 0.29) is 30.2 Å². The summed E-state index contributed by atoms with van der Waals surface area (Å²) in [6, 6.07) is 12.1. The molecule has 0 saturated heterocycles. The lowest BCUT2D eigenvalue weighted by molar-refractivity contribution is 0.0560. The summed E-state index contributed by atoms with van der Waals surface area (Å²) in [5.74, 6) is 1.36. The number of aromatic nitrogens is 2. The van der Waals surface area contributed by atoms with Gasteiger partial charge in [0.05, 0.1) is 23.3 Å². The lowest BCUT2D eigenvalue weighted by atomic mass is 10.1. The minimum atomic E-state index is -2.02. The number of ether oxygens (including phenoxy) is 2. The largest absolute Gasteiger partial charge is 0.490 e. The number of nitrogens with zero attached hydrogens (tertiary/aromatic N) is 3. The van der Waals surface area contributed by atoms with Gasteiger partial charge in [-0.15, -0.1) is 0 Å².